The van der Waals surface area contributed by atoms with E-state index in [0.29, 0.717) is 12.2 Å². The maximum absolute atomic E-state index is 12.6. The molecule has 1 atom stereocenters. The van der Waals surface area contributed by atoms with Crippen molar-refractivity contribution < 1.29 is 9.59 Å². The highest BCUT2D eigenvalue weighted by Gasteiger charge is 2.32. The van der Waals surface area contributed by atoms with E-state index < -0.39 is 11.8 Å². The van der Waals surface area contributed by atoms with Crippen molar-refractivity contribution in [2.75, 3.05) is 11.9 Å². The first-order chi connectivity index (χ1) is 11.6. The van der Waals surface area contributed by atoms with Gasteiger partial charge in [-0.3, -0.25) is 14.6 Å². The first-order valence-corrected chi connectivity index (χ1v) is 8.21. The van der Waals surface area contributed by atoms with Crippen molar-refractivity contribution in [3.63, 3.8) is 0 Å². The average molecular weight is 323 g/mol. The molecule has 24 heavy (non-hydrogen) atoms. The molecule has 0 radical (unpaired) electrons. The summed E-state index contributed by atoms with van der Waals surface area (Å²) < 4.78 is 0. The van der Waals surface area contributed by atoms with Crippen LogP contribution in [0, 0.1) is 6.92 Å². The molecule has 1 aliphatic heterocycles. The Labute approximate surface area is 141 Å². The lowest BCUT2D eigenvalue weighted by Gasteiger charge is -2.24. The summed E-state index contributed by atoms with van der Waals surface area (Å²) in [4.78, 5) is 30.6. The second kappa shape index (κ2) is 7.25. The van der Waals surface area contributed by atoms with Crippen LogP contribution in [0.5, 0.6) is 0 Å². The number of likely N-dealkylation sites (tertiary alicyclic amines) is 1. The van der Waals surface area contributed by atoms with E-state index in [9.17, 15) is 9.59 Å². The third kappa shape index (κ3) is 3.62. The molecule has 2 aromatic rings. The van der Waals surface area contributed by atoms with Gasteiger partial charge in [0.25, 0.3) is 0 Å². The Hall–Kier alpha value is -2.69. The van der Waals surface area contributed by atoms with E-state index in [4.69, 9.17) is 0 Å². The van der Waals surface area contributed by atoms with Crippen LogP contribution >= 0.6 is 0 Å². The molecule has 124 valence electrons. The van der Waals surface area contributed by atoms with Gasteiger partial charge in [0.1, 0.15) is 0 Å². The van der Waals surface area contributed by atoms with Gasteiger partial charge in [-0.05, 0) is 43.4 Å². The molecule has 1 saturated heterocycles. The average Bonchev–Trinajstić information content (AvgIpc) is 3.05. The van der Waals surface area contributed by atoms with Crippen LogP contribution in [0.2, 0.25) is 0 Å². The van der Waals surface area contributed by atoms with Crippen LogP contribution in [0.25, 0.3) is 0 Å². The van der Waals surface area contributed by atoms with Crippen LogP contribution in [0.1, 0.15) is 24.0 Å². The van der Waals surface area contributed by atoms with Crippen LogP contribution in [-0.4, -0.2) is 34.3 Å². The van der Waals surface area contributed by atoms with Gasteiger partial charge < -0.3 is 10.2 Å². The predicted molar refractivity (Wildman–Crippen MR) is 92.5 cm³/mol. The van der Waals surface area contributed by atoms with Crippen LogP contribution in [-0.2, 0) is 16.0 Å². The van der Waals surface area contributed by atoms with Gasteiger partial charge in [0.05, 0.1) is 11.9 Å². The van der Waals surface area contributed by atoms with E-state index in [1.165, 1.54) is 5.56 Å². The number of hydrogen-bond acceptors (Lipinski definition) is 3. The number of nitrogens with zero attached hydrogens (tertiary/aromatic N) is 2. The van der Waals surface area contributed by atoms with E-state index in [1.54, 1.807) is 23.4 Å². The quantitative estimate of drug-likeness (QED) is 0.883. The maximum atomic E-state index is 12.6. The van der Waals surface area contributed by atoms with Crippen LogP contribution in [0.4, 0.5) is 5.69 Å². The van der Waals surface area contributed by atoms with E-state index in [-0.39, 0.29) is 6.04 Å². The first-order valence-electron chi connectivity index (χ1n) is 8.21. The smallest absolute Gasteiger partial charge is 0.313 e. The second-order valence-electron chi connectivity index (χ2n) is 6.13. The SMILES string of the molecule is Cc1ccncc1NC(=O)C(=O)N1CCC[C@H]1Cc1ccccc1. The fraction of sp³-hybridized carbons (Fsp3) is 0.316. The molecule has 0 spiro atoms. The second-order valence-corrected chi connectivity index (χ2v) is 6.13. The summed E-state index contributed by atoms with van der Waals surface area (Å²) in [5.74, 6) is -1.05. The number of carbonyl (C=O) groups excluding carboxylic acids is 2. The van der Waals surface area contributed by atoms with Crippen LogP contribution in [0.15, 0.2) is 48.8 Å². The number of aryl methyl sites for hydroxylation is 1. The lowest BCUT2D eigenvalue weighted by molar-refractivity contribution is -0.143. The Kier molecular flexibility index (Phi) is 4.89. The number of anilines is 1. The third-order valence-electron chi connectivity index (χ3n) is 4.43. The topological polar surface area (TPSA) is 62.3 Å². The van der Waals surface area contributed by atoms with Gasteiger partial charge >= 0.3 is 11.8 Å². The molecular formula is C19H21N3O2. The molecule has 2 amide bonds. The van der Waals surface area contributed by atoms with Crippen molar-refractivity contribution in [1.29, 1.82) is 0 Å². The molecule has 1 aliphatic rings. The monoisotopic (exact) mass is 323 g/mol. The highest BCUT2D eigenvalue weighted by atomic mass is 16.2. The fourth-order valence-electron chi connectivity index (χ4n) is 3.10. The summed E-state index contributed by atoms with van der Waals surface area (Å²) >= 11 is 0. The number of aromatic nitrogens is 1. The minimum absolute atomic E-state index is 0.0839. The number of amides is 2. The van der Waals surface area contributed by atoms with Crippen LogP contribution < -0.4 is 5.32 Å². The van der Waals surface area contributed by atoms with E-state index >= 15 is 0 Å². The van der Waals surface area contributed by atoms with Gasteiger partial charge in [-0.15, -0.1) is 0 Å². The Bertz CT molecular complexity index is 730. The number of benzene rings is 1. The number of pyridine rings is 1. The Morgan fingerprint density at radius 2 is 2.04 bits per heavy atom. The standard InChI is InChI=1S/C19H21N3O2/c1-14-9-10-20-13-17(14)21-18(23)19(24)22-11-5-8-16(22)12-15-6-3-2-4-7-15/h2-4,6-7,9-10,13,16H,5,8,11-12H2,1H3,(H,21,23)/t16-/m0/s1. The van der Waals surface area contributed by atoms with E-state index in [1.807, 2.05) is 25.1 Å². The zero-order valence-electron chi connectivity index (χ0n) is 13.7. The summed E-state index contributed by atoms with van der Waals surface area (Å²) in [6.07, 6.45) is 5.86. The predicted octanol–water partition coefficient (Wildman–Crippen LogP) is 2.56. The van der Waals surface area contributed by atoms with Gasteiger partial charge in [0, 0.05) is 18.8 Å². The molecule has 1 aromatic carbocycles. The zero-order valence-corrected chi connectivity index (χ0v) is 13.7. The maximum Gasteiger partial charge on any atom is 0.313 e. The molecule has 1 aromatic heterocycles. The molecule has 1 fully saturated rings. The normalized spacial score (nSPS) is 16.9. The lowest BCUT2D eigenvalue weighted by atomic mass is 10.0. The van der Waals surface area contributed by atoms with Crippen molar-refractivity contribution in [2.45, 2.75) is 32.2 Å². The van der Waals surface area contributed by atoms with Gasteiger partial charge in [-0.1, -0.05) is 30.3 Å². The minimum atomic E-state index is -0.592. The summed E-state index contributed by atoms with van der Waals surface area (Å²) in [6, 6.07) is 12.0. The largest absolute Gasteiger partial charge is 0.331 e. The molecule has 0 unspecified atom stereocenters. The van der Waals surface area contributed by atoms with Crippen molar-refractivity contribution in [3.8, 4) is 0 Å². The molecule has 2 heterocycles. The zero-order chi connectivity index (χ0) is 16.9. The molecule has 5 nitrogen and oxygen atoms in total. The van der Waals surface area contributed by atoms with Gasteiger partial charge in [0.15, 0.2) is 0 Å². The molecule has 0 bridgehead atoms. The summed E-state index contributed by atoms with van der Waals surface area (Å²) in [5, 5.41) is 2.68. The number of nitrogens with one attached hydrogen (secondary N) is 1. The van der Waals surface area contributed by atoms with Crippen LogP contribution in [0.3, 0.4) is 0 Å². The molecule has 5 heteroatoms. The van der Waals surface area contributed by atoms with Crippen molar-refractivity contribution in [2.24, 2.45) is 0 Å². The minimum Gasteiger partial charge on any atom is -0.331 e. The molecule has 0 aliphatic carbocycles. The third-order valence-corrected chi connectivity index (χ3v) is 4.43. The highest BCUT2D eigenvalue weighted by Crippen LogP contribution is 2.22. The Morgan fingerprint density at radius 1 is 1.25 bits per heavy atom. The summed E-state index contributed by atoms with van der Waals surface area (Å²) in [6.45, 7) is 2.51. The van der Waals surface area contributed by atoms with Crippen molar-refractivity contribution in [1.82, 2.24) is 9.88 Å². The number of hydrogen-bond donors (Lipinski definition) is 1. The fourth-order valence-corrected chi connectivity index (χ4v) is 3.10. The summed E-state index contributed by atoms with van der Waals surface area (Å²) in [7, 11) is 0. The van der Waals surface area contributed by atoms with Crippen molar-refractivity contribution in [3.05, 3.63) is 59.9 Å². The number of rotatable bonds is 3. The number of carbonyl (C=O) groups is 2. The van der Waals surface area contributed by atoms with E-state index in [0.717, 1.165) is 24.8 Å². The van der Waals surface area contributed by atoms with Gasteiger partial charge in [0.2, 0.25) is 0 Å². The van der Waals surface area contributed by atoms with Gasteiger partial charge in [-0.2, -0.15) is 0 Å². The molecule has 3 rings (SSSR count). The lowest BCUT2D eigenvalue weighted by Crippen LogP contribution is -2.43. The molecule has 0 saturated carbocycles. The first kappa shape index (κ1) is 16.2. The molecular weight excluding hydrogens is 302 g/mol. The highest BCUT2D eigenvalue weighted by molar-refractivity contribution is 6.39. The summed E-state index contributed by atoms with van der Waals surface area (Å²) in [5.41, 5.74) is 2.65. The molecule has 1 N–H and O–H groups in total. The van der Waals surface area contributed by atoms with E-state index in [2.05, 4.69) is 22.4 Å². The Balaban J connectivity index is 1.67. The van der Waals surface area contributed by atoms with Crippen molar-refractivity contribution >= 4 is 17.5 Å². The van der Waals surface area contributed by atoms with Gasteiger partial charge in [-0.25, -0.2) is 0 Å². The Morgan fingerprint density at radius 3 is 2.79 bits per heavy atom.